The van der Waals surface area contributed by atoms with Gasteiger partial charge in [-0.05, 0) is 30.4 Å². The lowest BCUT2D eigenvalue weighted by Gasteiger charge is -2.35. The van der Waals surface area contributed by atoms with Crippen LogP contribution in [-0.4, -0.2) is 50.1 Å². The Bertz CT molecular complexity index is 642. The van der Waals surface area contributed by atoms with Crippen molar-refractivity contribution in [3.05, 3.63) is 18.3 Å². The van der Waals surface area contributed by atoms with E-state index in [4.69, 9.17) is 4.74 Å². The van der Waals surface area contributed by atoms with Crippen molar-refractivity contribution in [2.45, 2.75) is 44.0 Å². The lowest BCUT2D eigenvalue weighted by molar-refractivity contribution is 0.0730. The monoisotopic (exact) mass is 353 g/mol. The number of pyridine rings is 1. The number of nitrogens with zero attached hydrogens (tertiary/aromatic N) is 2. The smallest absolute Gasteiger partial charge is 0.244 e. The second-order valence-corrected chi connectivity index (χ2v) is 8.85. The number of hydrogen-bond donors (Lipinski definition) is 1. The summed E-state index contributed by atoms with van der Waals surface area (Å²) < 4.78 is 31.9. The van der Waals surface area contributed by atoms with Gasteiger partial charge in [0.1, 0.15) is 10.7 Å². The molecule has 3 rings (SSSR count). The van der Waals surface area contributed by atoms with E-state index in [2.05, 4.69) is 24.1 Å². The molecule has 1 saturated heterocycles. The number of anilines is 1. The van der Waals surface area contributed by atoms with Crippen LogP contribution in [0.5, 0.6) is 0 Å². The number of hydrogen-bond acceptors (Lipinski definition) is 5. The molecule has 0 aromatic carbocycles. The first kappa shape index (κ1) is 17.6. The first-order chi connectivity index (χ1) is 11.5. The number of rotatable bonds is 4. The van der Waals surface area contributed by atoms with Crippen LogP contribution in [0.3, 0.4) is 0 Å². The molecule has 0 bridgehead atoms. The van der Waals surface area contributed by atoms with E-state index >= 15 is 0 Å². The minimum Gasteiger partial charge on any atom is -0.379 e. The van der Waals surface area contributed by atoms with Crippen LogP contribution in [0.4, 0.5) is 5.82 Å². The number of ether oxygens (including phenoxy) is 1. The fraction of sp³-hybridized carbons (Fsp3) is 0.706. The molecule has 1 aliphatic heterocycles. The van der Waals surface area contributed by atoms with E-state index in [-0.39, 0.29) is 4.90 Å². The van der Waals surface area contributed by atoms with Gasteiger partial charge in [0.25, 0.3) is 0 Å². The Morgan fingerprint density at radius 1 is 1.21 bits per heavy atom. The summed E-state index contributed by atoms with van der Waals surface area (Å²) in [5.41, 5.74) is 0. The van der Waals surface area contributed by atoms with Crippen LogP contribution in [0.25, 0.3) is 0 Å². The molecule has 24 heavy (non-hydrogen) atoms. The maximum atomic E-state index is 12.6. The first-order valence-electron chi connectivity index (χ1n) is 8.79. The van der Waals surface area contributed by atoms with Crippen molar-refractivity contribution in [3.63, 3.8) is 0 Å². The third kappa shape index (κ3) is 3.73. The molecule has 3 atom stereocenters. The minimum atomic E-state index is -3.47. The van der Waals surface area contributed by atoms with E-state index in [1.54, 1.807) is 12.1 Å². The maximum Gasteiger partial charge on any atom is 0.244 e. The van der Waals surface area contributed by atoms with Crippen LogP contribution in [0.1, 0.15) is 33.1 Å². The predicted molar refractivity (Wildman–Crippen MR) is 93.4 cm³/mol. The van der Waals surface area contributed by atoms with Gasteiger partial charge in [0, 0.05) is 25.3 Å². The number of aromatic nitrogens is 1. The van der Waals surface area contributed by atoms with Crippen molar-refractivity contribution in [3.8, 4) is 0 Å². The van der Waals surface area contributed by atoms with Gasteiger partial charge in [-0.25, -0.2) is 13.4 Å². The second-order valence-electron chi connectivity index (χ2n) is 6.91. The van der Waals surface area contributed by atoms with Gasteiger partial charge in [-0.3, -0.25) is 0 Å². The predicted octanol–water partition coefficient (Wildman–Crippen LogP) is 2.34. The van der Waals surface area contributed by atoms with Gasteiger partial charge in [-0.1, -0.05) is 26.7 Å². The summed E-state index contributed by atoms with van der Waals surface area (Å²) in [4.78, 5) is 4.60. The van der Waals surface area contributed by atoms with Gasteiger partial charge in [-0.15, -0.1) is 0 Å². The van der Waals surface area contributed by atoms with Crippen LogP contribution in [-0.2, 0) is 14.8 Å². The summed E-state index contributed by atoms with van der Waals surface area (Å²) in [6.07, 6.45) is 5.11. The van der Waals surface area contributed by atoms with Crippen molar-refractivity contribution in [2.75, 3.05) is 31.6 Å². The molecule has 1 aromatic rings. The van der Waals surface area contributed by atoms with Crippen LogP contribution in [0.15, 0.2) is 23.2 Å². The Morgan fingerprint density at radius 3 is 2.62 bits per heavy atom. The van der Waals surface area contributed by atoms with Crippen molar-refractivity contribution < 1.29 is 13.2 Å². The molecule has 0 spiro atoms. The fourth-order valence-corrected chi connectivity index (χ4v) is 4.88. The summed E-state index contributed by atoms with van der Waals surface area (Å²) >= 11 is 0. The van der Waals surface area contributed by atoms with Crippen molar-refractivity contribution in [2.24, 2.45) is 11.8 Å². The lowest BCUT2D eigenvalue weighted by Crippen LogP contribution is -2.40. The Balaban J connectivity index is 1.69. The van der Waals surface area contributed by atoms with E-state index in [1.165, 1.54) is 23.3 Å². The van der Waals surface area contributed by atoms with Gasteiger partial charge < -0.3 is 10.1 Å². The normalized spacial score (nSPS) is 29.3. The number of nitrogens with one attached hydrogen (secondary N) is 1. The molecule has 2 heterocycles. The Kier molecular flexibility index (Phi) is 5.42. The van der Waals surface area contributed by atoms with Gasteiger partial charge in [-0.2, -0.15) is 4.31 Å². The van der Waals surface area contributed by atoms with Gasteiger partial charge in [0.15, 0.2) is 0 Å². The average Bonchev–Trinajstić information content (AvgIpc) is 2.60. The fourth-order valence-electron chi connectivity index (χ4n) is 3.53. The standard InChI is InChI=1S/C17H27N3O3S/c1-13-4-3-5-16(14(13)2)19-17-7-6-15(12-18-17)24(21,22)20-8-10-23-11-9-20/h6-7,12-14,16H,3-5,8-11H2,1-2H3,(H,18,19)/t13-,14+,16-/m0/s1. The van der Waals surface area contributed by atoms with E-state index in [9.17, 15) is 8.42 Å². The highest BCUT2D eigenvalue weighted by molar-refractivity contribution is 7.89. The van der Waals surface area contributed by atoms with Crippen LogP contribution in [0, 0.1) is 11.8 Å². The topological polar surface area (TPSA) is 71.5 Å². The van der Waals surface area contributed by atoms with E-state index in [0.29, 0.717) is 44.2 Å². The molecular formula is C17H27N3O3S. The highest BCUT2D eigenvalue weighted by atomic mass is 32.2. The van der Waals surface area contributed by atoms with Gasteiger partial charge in [0.05, 0.1) is 13.2 Å². The molecule has 1 aromatic heterocycles. The molecule has 7 heteroatoms. The molecule has 134 valence electrons. The summed E-state index contributed by atoms with van der Waals surface area (Å²) in [6.45, 7) is 6.27. The molecule has 0 amide bonds. The van der Waals surface area contributed by atoms with E-state index in [0.717, 1.165) is 12.2 Å². The summed E-state index contributed by atoms with van der Waals surface area (Å²) in [7, 11) is -3.47. The number of sulfonamides is 1. The Morgan fingerprint density at radius 2 is 1.96 bits per heavy atom. The van der Waals surface area contributed by atoms with Crippen molar-refractivity contribution in [1.29, 1.82) is 0 Å². The van der Waals surface area contributed by atoms with Crippen LogP contribution < -0.4 is 5.32 Å². The SMILES string of the molecule is C[C@H]1[C@@H](Nc2ccc(S(=O)(=O)N3CCOCC3)cn2)CCC[C@@H]1C. The van der Waals surface area contributed by atoms with E-state index in [1.807, 2.05) is 0 Å². The molecule has 1 saturated carbocycles. The van der Waals surface area contributed by atoms with E-state index < -0.39 is 10.0 Å². The molecule has 1 aliphatic carbocycles. The molecule has 6 nitrogen and oxygen atoms in total. The Labute approximate surface area is 144 Å². The largest absolute Gasteiger partial charge is 0.379 e. The van der Waals surface area contributed by atoms with Gasteiger partial charge >= 0.3 is 0 Å². The molecule has 0 radical (unpaired) electrons. The minimum absolute atomic E-state index is 0.250. The molecule has 1 N–H and O–H groups in total. The van der Waals surface area contributed by atoms with Crippen LogP contribution in [0.2, 0.25) is 0 Å². The second kappa shape index (κ2) is 7.37. The highest BCUT2D eigenvalue weighted by Gasteiger charge is 2.28. The molecule has 2 aliphatic rings. The molecule has 0 unspecified atom stereocenters. The lowest BCUT2D eigenvalue weighted by atomic mass is 9.78. The zero-order valence-electron chi connectivity index (χ0n) is 14.4. The van der Waals surface area contributed by atoms with Crippen LogP contribution >= 0.6 is 0 Å². The summed E-state index contributed by atoms with van der Waals surface area (Å²) in [6, 6.07) is 3.83. The first-order valence-corrected chi connectivity index (χ1v) is 10.2. The zero-order valence-corrected chi connectivity index (χ0v) is 15.3. The average molecular weight is 353 g/mol. The summed E-state index contributed by atoms with van der Waals surface area (Å²) in [5.74, 6) is 2.05. The maximum absolute atomic E-state index is 12.6. The number of morpholine rings is 1. The van der Waals surface area contributed by atoms with Crippen molar-refractivity contribution >= 4 is 15.8 Å². The van der Waals surface area contributed by atoms with Crippen molar-refractivity contribution in [1.82, 2.24) is 9.29 Å². The summed E-state index contributed by atoms with van der Waals surface area (Å²) in [5, 5.41) is 3.48. The quantitative estimate of drug-likeness (QED) is 0.899. The third-order valence-corrected chi connectivity index (χ3v) is 7.27. The Hall–Kier alpha value is -1.18. The molecular weight excluding hydrogens is 326 g/mol. The van der Waals surface area contributed by atoms with Gasteiger partial charge in [0.2, 0.25) is 10.0 Å². The highest BCUT2D eigenvalue weighted by Crippen LogP contribution is 2.31. The third-order valence-electron chi connectivity index (χ3n) is 5.38. The zero-order chi connectivity index (χ0) is 17.2. The molecule has 2 fully saturated rings.